The van der Waals surface area contributed by atoms with Gasteiger partial charge in [0.25, 0.3) is 0 Å². The van der Waals surface area contributed by atoms with Crippen LogP contribution < -0.4 is 4.90 Å². The summed E-state index contributed by atoms with van der Waals surface area (Å²) >= 11 is 0. The van der Waals surface area contributed by atoms with Gasteiger partial charge in [-0.25, -0.2) is 4.98 Å². The van der Waals surface area contributed by atoms with Gasteiger partial charge in [-0.2, -0.15) is 0 Å². The highest BCUT2D eigenvalue weighted by atomic mass is 16.3. The van der Waals surface area contributed by atoms with E-state index in [-0.39, 0.29) is 6.61 Å². The van der Waals surface area contributed by atoms with E-state index in [1.54, 1.807) is 0 Å². The molecule has 2 aromatic rings. The molecule has 0 aliphatic rings. The maximum atomic E-state index is 9.54. The number of aliphatic hydroxyl groups excluding tert-OH is 1. The summed E-state index contributed by atoms with van der Waals surface area (Å²) < 4.78 is 0. The van der Waals surface area contributed by atoms with Crippen molar-refractivity contribution in [3.63, 3.8) is 0 Å². The van der Waals surface area contributed by atoms with Crippen LogP contribution in [-0.2, 0) is 6.61 Å². The molecule has 0 fully saturated rings. The van der Waals surface area contributed by atoms with Crippen LogP contribution in [0.4, 0.5) is 5.82 Å². The second kappa shape index (κ2) is 6.34. The topological polar surface area (TPSA) is 36.4 Å². The van der Waals surface area contributed by atoms with Gasteiger partial charge in [0.1, 0.15) is 5.82 Å². The third-order valence-electron chi connectivity index (χ3n) is 3.13. The number of nitrogens with zero attached hydrogens (tertiary/aromatic N) is 2. The second-order valence-electron chi connectivity index (χ2n) is 4.55. The normalized spacial score (nSPS) is 10.6. The number of rotatable bonds is 6. The van der Waals surface area contributed by atoms with Crippen molar-refractivity contribution in [3.05, 3.63) is 48.6 Å². The van der Waals surface area contributed by atoms with Gasteiger partial charge < -0.3 is 10.0 Å². The lowest BCUT2D eigenvalue weighted by Gasteiger charge is -2.22. The number of aliphatic hydroxyl groups is 1. The number of hydrogen-bond donors (Lipinski definition) is 1. The van der Waals surface area contributed by atoms with Gasteiger partial charge in [0.05, 0.1) is 12.1 Å². The summed E-state index contributed by atoms with van der Waals surface area (Å²) in [6.45, 7) is 7.67. The predicted molar refractivity (Wildman–Crippen MR) is 80.4 cm³/mol. The van der Waals surface area contributed by atoms with Crippen LogP contribution in [0.1, 0.15) is 18.9 Å². The van der Waals surface area contributed by atoms with E-state index >= 15 is 0 Å². The predicted octanol–water partition coefficient (Wildman–Crippen LogP) is 3.13. The third-order valence-corrected chi connectivity index (χ3v) is 3.13. The summed E-state index contributed by atoms with van der Waals surface area (Å²) in [7, 11) is 0. The molecule has 0 saturated carbocycles. The minimum atomic E-state index is 0.0318. The Morgan fingerprint density at radius 3 is 2.84 bits per heavy atom. The number of para-hydroxylation sites is 1. The van der Waals surface area contributed by atoms with Crippen LogP contribution in [0.2, 0.25) is 0 Å². The average molecular weight is 256 g/mol. The number of benzene rings is 1. The summed E-state index contributed by atoms with van der Waals surface area (Å²) in [5.74, 6) is 0.907. The van der Waals surface area contributed by atoms with Crippen LogP contribution in [0.5, 0.6) is 0 Å². The van der Waals surface area contributed by atoms with E-state index in [4.69, 9.17) is 0 Å². The first-order valence-corrected chi connectivity index (χ1v) is 6.65. The molecule has 1 aromatic carbocycles. The first-order chi connectivity index (χ1) is 9.30. The van der Waals surface area contributed by atoms with Gasteiger partial charge >= 0.3 is 0 Å². The van der Waals surface area contributed by atoms with E-state index in [0.717, 1.165) is 41.8 Å². The molecule has 0 aliphatic carbocycles. The number of fused-ring (bicyclic) bond motifs is 1. The summed E-state index contributed by atoms with van der Waals surface area (Å²) in [6, 6.07) is 9.89. The Hall–Kier alpha value is -1.87. The van der Waals surface area contributed by atoms with Gasteiger partial charge in [-0.05, 0) is 24.1 Å². The maximum Gasteiger partial charge on any atom is 0.129 e. The molecule has 0 atom stereocenters. The van der Waals surface area contributed by atoms with Gasteiger partial charge in [0.15, 0.2) is 0 Å². The summed E-state index contributed by atoms with van der Waals surface area (Å²) in [4.78, 5) is 6.87. The minimum Gasteiger partial charge on any atom is -0.392 e. The zero-order valence-electron chi connectivity index (χ0n) is 11.3. The summed E-state index contributed by atoms with van der Waals surface area (Å²) in [5.41, 5.74) is 1.85. The van der Waals surface area contributed by atoms with Gasteiger partial charge in [-0.15, -0.1) is 6.58 Å². The van der Waals surface area contributed by atoms with Crippen molar-refractivity contribution in [2.24, 2.45) is 0 Å². The van der Waals surface area contributed by atoms with E-state index in [1.165, 1.54) is 0 Å². The highest BCUT2D eigenvalue weighted by molar-refractivity contribution is 5.84. The van der Waals surface area contributed by atoms with Crippen molar-refractivity contribution in [1.82, 2.24) is 4.98 Å². The van der Waals surface area contributed by atoms with E-state index < -0.39 is 0 Å². The quantitative estimate of drug-likeness (QED) is 0.807. The van der Waals surface area contributed by atoms with Crippen molar-refractivity contribution >= 4 is 16.7 Å². The highest BCUT2D eigenvalue weighted by Crippen LogP contribution is 2.23. The zero-order chi connectivity index (χ0) is 13.7. The molecule has 0 unspecified atom stereocenters. The fourth-order valence-corrected chi connectivity index (χ4v) is 2.25. The van der Waals surface area contributed by atoms with E-state index in [2.05, 4.69) is 23.4 Å². The smallest absolute Gasteiger partial charge is 0.129 e. The van der Waals surface area contributed by atoms with Crippen molar-refractivity contribution in [1.29, 1.82) is 0 Å². The maximum absolute atomic E-state index is 9.54. The van der Waals surface area contributed by atoms with Crippen LogP contribution in [0.3, 0.4) is 0 Å². The lowest BCUT2D eigenvalue weighted by Crippen LogP contribution is -2.25. The van der Waals surface area contributed by atoms with E-state index in [1.807, 2.05) is 36.4 Å². The molecule has 3 heteroatoms. The molecule has 3 nitrogen and oxygen atoms in total. The monoisotopic (exact) mass is 256 g/mol. The van der Waals surface area contributed by atoms with Crippen LogP contribution in [0, 0.1) is 0 Å². The molecule has 0 spiro atoms. The second-order valence-corrected chi connectivity index (χ2v) is 4.55. The van der Waals surface area contributed by atoms with Crippen molar-refractivity contribution in [2.75, 3.05) is 18.0 Å². The fourth-order valence-electron chi connectivity index (χ4n) is 2.25. The Labute approximate surface area is 114 Å². The average Bonchev–Trinajstić information content (AvgIpc) is 2.46. The Morgan fingerprint density at radius 1 is 1.37 bits per heavy atom. The Balaban J connectivity index is 2.50. The third kappa shape index (κ3) is 2.93. The van der Waals surface area contributed by atoms with Gasteiger partial charge in [0, 0.05) is 18.5 Å². The van der Waals surface area contributed by atoms with Gasteiger partial charge in [-0.1, -0.05) is 31.2 Å². The van der Waals surface area contributed by atoms with Crippen LogP contribution in [0.15, 0.2) is 43.0 Å². The molecule has 1 N–H and O–H groups in total. The molecule has 0 bridgehead atoms. The molecule has 0 radical (unpaired) electrons. The minimum absolute atomic E-state index is 0.0318. The summed E-state index contributed by atoms with van der Waals surface area (Å²) in [5, 5.41) is 10.6. The van der Waals surface area contributed by atoms with Crippen molar-refractivity contribution in [2.45, 2.75) is 20.0 Å². The lowest BCUT2D eigenvalue weighted by molar-refractivity contribution is 0.283. The molecule has 19 heavy (non-hydrogen) atoms. The Kier molecular flexibility index (Phi) is 4.53. The fraction of sp³-hybridized carbons (Fsp3) is 0.312. The van der Waals surface area contributed by atoms with Crippen LogP contribution in [-0.4, -0.2) is 23.2 Å². The van der Waals surface area contributed by atoms with E-state index in [9.17, 15) is 5.11 Å². The van der Waals surface area contributed by atoms with Gasteiger partial charge in [0.2, 0.25) is 0 Å². The van der Waals surface area contributed by atoms with E-state index in [0.29, 0.717) is 0 Å². The number of pyridine rings is 1. The SMILES string of the molecule is C=CCN(CCC)c1cc(CO)c2ccccc2n1. The van der Waals surface area contributed by atoms with Crippen molar-refractivity contribution < 1.29 is 5.11 Å². The first-order valence-electron chi connectivity index (χ1n) is 6.65. The largest absolute Gasteiger partial charge is 0.392 e. The molecule has 2 rings (SSSR count). The number of aromatic nitrogens is 1. The molecule has 1 aromatic heterocycles. The first kappa shape index (κ1) is 13.6. The summed E-state index contributed by atoms with van der Waals surface area (Å²) in [6.07, 6.45) is 2.93. The molecule has 100 valence electrons. The van der Waals surface area contributed by atoms with Crippen LogP contribution in [0.25, 0.3) is 10.9 Å². The molecule has 1 heterocycles. The molecular formula is C16H20N2O. The number of hydrogen-bond acceptors (Lipinski definition) is 3. The number of anilines is 1. The zero-order valence-corrected chi connectivity index (χ0v) is 11.3. The molecule has 0 amide bonds. The lowest BCUT2D eigenvalue weighted by atomic mass is 10.1. The Morgan fingerprint density at radius 2 is 2.16 bits per heavy atom. The molecular weight excluding hydrogens is 236 g/mol. The standard InChI is InChI=1S/C16H20N2O/c1-3-9-18(10-4-2)16-11-13(12-19)14-7-5-6-8-15(14)17-16/h3,5-8,11,19H,1,4,9-10,12H2,2H3. The van der Waals surface area contributed by atoms with Crippen molar-refractivity contribution in [3.8, 4) is 0 Å². The molecule has 0 aliphatic heterocycles. The van der Waals surface area contributed by atoms with Gasteiger partial charge in [-0.3, -0.25) is 0 Å². The van der Waals surface area contributed by atoms with Crippen LogP contribution >= 0.6 is 0 Å². The highest BCUT2D eigenvalue weighted by Gasteiger charge is 2.09. The molecule has 0 saturated heterocycles. The Bertz CT molecular complexity index is 566.